The van der Waals surface area contributed by atoms with Crippen LogP contribution in [0.25, 0.3) is 0 Å². The molecule has 29 heavy (non-hydrogen) atoms. The van der Waals surface area contributed by atoms with Crippen molar-refractivity contribution in [3.63, 3.8) is 0 Å². The Hall–Kier alpha value is -1.22. The number of aliphatic hydroxyl groups is 1. The van der Waals surface area contributed by atoms with Gasteiger partial charge in [-0.1, -0.05) is 0 Å². The third-order valence-electron chi connectivity index (χ3n) is 6.32. The highest BCUT2D eigenvalue weighted by Gasteiger charge is 2.45. The summed E-state index contributed by atoms with van der Waals surface area (Å²) in [6, 6.07) is -0.989. The number of piperidine rings is 2. The molecule has 3 atom stereocenters. The monoisotopic (exact) mass is 413 g/mol. The summed E-state index contributed by atoms with van der Waals surface area (Å²) in [5, 5.41) is 23.1. The summed E-state index contributed by atoms with van der Waals surface area (Å²) in [5.41, 5.74) is -0.686. The fourth-order valence-electron chi connectivity index (χ4n) is 4.57. The smallest absolute Gasteiger partial charge is 0.321 e. The molecule has 0 aromatic rings. The molecule has 0 amide bonds. The normalized spacial score (nSPS) is 27.4. The molecule has 2 fully saturated rings. The number of aliphatic carboxylic acids is 1. The molecule has 0 spiro atoms. The molecule has 2 heterocycles. The van der Waals surface area contributed by atoms with Crippen molar-refractivity contribution in [2.45, 2.75) is 76.5 Å². The molecule has 0 radical (unpaired) electrons. The van der Waals surface area contributed by atoms with E-state index < -0.39 is 23.9 Å². The Morgan fingerprint density at radius 1 is 1.24 bits per heavy atom. The Labute approximate surface area is 174 Å². The van der Waals surface area contributed by atoms with Crippen LogP contribution in [0.3, 0.4) is 0 Å². The highest BCUT2D eigenvalue weighted by molar-refractivity contribution is 5.84. The first kappa shape index (κ1) is 24.1. The molecule has 0 aromatic heterocycles. The molecule has 0 aromatic carbocycles. The second-order valence-corrected chi connectivity index (χ2v) is 9.81. The van der Waals surface area contributed by atoms with Gasteiger partial charge in [-0.25, -0.2) is 0 Å². The lowest BCUT2D eigenvalue weighted by molar-refractivity contribution is -0.165. The van der Waals surface area contributed by atoms with E-state index in [2.05, 4.69) is 17.3 Å². The minimum Gasteiger partial charge on any atom is -0.480 e. The molecule has 0 bridgehead atoms. The van der Waals surface area contributed by atoms with Crippen molar-refractivity contribution < 1.29 is 24.5 Å². The van der Waals surface area contributed by atoms with Gasteiger partial charge in [0, 0.05) is 17.1 Å². The van der Waals surface area contributed by atoms with Crippen molar-refractivity contribution in [2.75, 3.05) is 39.9 Å². The van der Waals surface area contributed by atoms with Crippen molar-refractivity contribution in [1.29, 1.82) is 0 Å². The second-order valence-electron chi connectivity index (χ2n) is 9.81. The summed E-state index contributed by atoms with van der Waals surface area (Å²) in [7, 11) is 2.07. The highest BCUT2D eigenvalue weighted by atomic mass is 16.5. The Kier molecular flexibility index (Phi) is 8.07. The van der Waals surface area contributed by atoms with Crippen LogP contribution >= 0.6 is 0 Å². The maximum atomic E-state index is 12.8. The molecule has 2 rings (SSSR count). The summed E-state index contributed by atoms with van der Waals surface area (Å²) in [6.45, 7) is 10.5. The number of carbonyl (C=O) groups excluding carboxylic acids is 1. The number of hydrogen-bond donors (Lipinski definition) is 3. The van der Waals surface area contributed by atoms with Crippen LogP contribution in [0.5, 0.6) is 0 Å². The zero-order valence-electron chi connectivity index (χ0n) is 18.6. The topological polar surface area (TPSA) is 102 Å². The van der Waals surface area contributed by atoms with Crippen molar-refractivity contribution in [3.8, 4) is 0 Å². The number of carboxylic acid groups (broad SMARTS) is 1. The maximum absolute atomic E-state index is 12.8. The minimum absolute atomic E-state index is 0.0450. The number of rotatable bonds is 7. The SMILES string of the molecule is CC(COC(=O)[C@@H]1CCCN(C(C)(C)C)[C@@H]1C(=O)O)NC1(CO)CCN(C)CC1. The Morgan fingerprint density at radius 3 is 2.38 bits per heavy atom. The maximum Gasteiger partial charge on any atom is 0.321 e. The predicted molar refractivity (Wildman–Crippen MR) is 111 cm³/mol. The number of nitrogens with zero attached hydrogens (tertiary/aromatic N) is 2. The molecule has 0 saturated carbocycles. The first-order chi connectivity index (χ1) is 13.5. The van der Waals surface area contributed by atoms with E-state index in [1.807, 2.05) is 32.6 Å². The molecule has 0 aliphatic carbocycles. The van der Waals surface area contributed by atoms with Crippen LogP contribution in [-0.4, -0.2) is 95.0 Å². The van der Waals surface area contributed by atoms with Crippen LogP contribution in [-0.2, 0) is 14.3 Å². The molecule has 8 heteroatoms. The summed E-state index contributed by atoms with van der Waals surface area (Å²) < 4.78 is 5.55. The van der Waals surface area contributed by atoms with Gasteiger partial charge in [-0.15, -0.1) is 0 Å². The number of nitrogens with one attached hydrogen (secondary N) is 1. The zero-order chi connectivity index (χ0) is 21.8. The molecule has 3 N–H and O–H groups in total. The molecular formula is C21H39N3O5. The van der Waals surface area contributed by atoms with Crippen molar-refractivity contribution in [3.05, 3.63) is 0 Å². The van der Waals surface area contributed by atoms with Gasteiger partial charge < -0.3 is 25.2 Å². The fraction of sp³-hybridized carbons (Fsp3) is 0.905. The van der Waals surface area contributed by atoms with E-state index in [9.17, 15) is 19.8 Å². The van der Waals surface area contributed by atoms with Crippen molar-refractivity contribution >= 4 is 11.9 Å². The molecule has 2 aliphatic heterocycles. The number of ether oxygens (including phenoxy) is 1. The standard InChI is InChI=1S/C21H39N3O5/c1-15(22-21(14-25)8-11-23(5)12-9-21)13-29-19(28)16-7-6-10-24(20(2,3)4)17(16)18(26)27/h15-17,22,25H,6-14H2,1-5H3,(H,26,27)/t15?,16-,17+/m1/s1. The molecule has 2 aliphatic rings. The second kappa shape index (κ2) is 9.73. The molecular weight excluding hydrogens is 374 g/mol. The van der Waals surface area contributed by atoms with Gasteiger partial charge in [-0.3, -0.25) is 14.5 Å². The number of esters is 1. The van der Waals surface area contributed by atoms with Gasteiger partial charge in [0.2, 0.25) is 0 Å². The van der Waals surface area contributed by atoms with Gasteiger partial charge >= 0.3 is 11.9 Å². The van der Waals surface area contributed by atoms with Crippen LogP contribution < -0.4 is 5.32 Å². The summed E-state index contributed by atoms with van der Waals surface area (Å²) in [6.07, 6.45) is 2.97. The van der Waals surface area contributed by atoms with Gasteiger partial charge in [0.05, 0.1) is 12.5 Å². The number of likely N-dealkylation sites (tertiary alicyclic amines) is 2. The highest BCUT2D eigenvalue weighted by Crippen LogP contribution is 2.31. The third-order valence-corrected chi connectivity index (χ3v) is 6.32. The van der Waals surface area contributed by atoms with Gasteiger partial charge in [0.15, 0.2) is 0 Å². The fourth-order valence-corrected chi connectivity index (χ4v) is 4.57. The van der Waals surface area contributed by atoms with E-state index in [-0.39, 0.29) is 30.3 Å². The third kappa shape index (κ3) is 6.13. The number of hydrogen-bond acceptors (Lipinski definition) is 7. The van der Waals surface area contributed by atoms with Gasteiger partial charge in [0.25, 0.3) is 0 Å². The van der Waals surface area contributed by atoms with Crippen LogP contribution in [0.4, 0.5) is 0 Å². The van der Waals surface area contributed by atoms with Crippen molar-refractivity contribution in [2.24, 2.45) is 5.92 Å². The average Bonchev–Trinajstić information content (AvgIpc) is 2.66. The quantitative estimate of drug-likeness (QED) is 0.530. The Balaban J connectivity index is 1.95. The lowest BCUT2D eigenvalue weighted by Crippen LogP contribution is -2.60. The molecule has 1 unspecified atom stereocenters. The molecule has 168 valence electrons. The minimum atomic E-state index is -0.974. The van der Waals surface area contributed by atoms with Crippen LogP contribution in [0.15, 0.2) is 0 Å². The molecule has 8 nitrogen and oxygen atoms in total. The zero-order valence-corrected chi connectivity index (χ0v) is 18.6. The average molecular weight is 414 g/mol. The Morgan fingerprint density at radius 2 is 1.86 bits per heavy atom. The number of aliphatic hydroxyl groups excluding tert-OH is 1. The van der Waals surface area contributed by atoms with Gasteiger partial charge in [-0.2, -0.15) is 0 Å². The first-order valence-corrected chi connectivity index (χ1v) is 10.7. The predicted octanol–water partition coefficient (Wildman–Crippen LogP) is 0.928. The number of carboxylic acids is 1. The van der Waals surface area contributed by atoms with Crippen LogP contribution in [0, 0.1) is 5.92 Å². The lowest BCUT2D eigenvalue weighted by atomic mass is 9.85. The van der Waals surface area contributed by atoms with E-state index in [1.54, 1.807) is 0 Å². The lowest BCUT2D eigenvalue weighted by Gasteiger charge is -2.45. The molecule has 2 saturated heterocycles. The van der Waals surface area contributed by atoms with Crippen LogP contribution in [0.1, 0.15) is 53.4 Å². The van der Waals surface area contributed by atoms with E-state index >= 15 is 0 Å². The number of carbonyl (C=O) groups is 2. The van der Waals surface area contributed by atoms with Gasteiger partial charge in [0.1, 0.15) is 12.6 Å². The van der Waals surface area contributed by atoms with Crippen LogP contribution in [0.2, 0.25) is 0 Å². The summed E-state index contributed by atoms with van der Waals surface area (Å²) >= 11 is 0. The summed E-state index contributed by atoms with van der Waals surface area (Å²) in [5.74, 6) is -2.08. The first-order valence-electron chi connectivity index (χ1n) is 10.7. The van der Waals surface area contributed by atoms with E-state index in [0.717, 1.165) is 32.4 Å². The van der Waals surface area contributed by atoms with Gasteiger partial charge in [-0.05, 0) is 80.1 Å². The summed E-state index contributed by atoms with van der Waals surface area (Å²) in [4.78, 5) is 28.8. The Bertz CT molecular complexity index is 569. The largest absolute Gasteiger partial charge is 0.480 e. The van der Waals surface area contributed by atoms with E-state index in [4.69, 9.17) is 4.74 Å². The van der Waals surface area contributed by atoms with Crippen molar-refractivity contribution in [1.82, 2.24) is 15.1 Å². The van der Waals surface area contributed by atoms with E-state index in [1.165, 1.54) is 0 Å². The van der Waals surface area contributed by atoms with E-state index in [0.29, 0.717) is 13.0 Å².